The van der Waals surface area contributed by atoms with Gasteiger partial charge in [0.25, 0.3) is 0 Å². The van der Waals surface area contributed by atoms with Crippen molar-refractivity contribution in [1.82, 2.24) is 30.0 Å². The van der Waals surface area contributed by atoms with Crippen molar-refractivity contribution in [3.8, 4) is 28.4 Å². The molecule has 13 heteroatoms. The fraction of sp³-hybridized carbons (Fsp3) is 0.481. The molecule has 0 bridgehead atoms. The minimum absolute atomic E-state index is 0.110. The molecule has 0 aliphatic heterocycles. The van der Waals surface area contributed by atoms with Crippen LogP contribution in [0.3, 0.4) is 0 Å². The number of benzene rings is 1. The molecule has 0 fully saturated rings. The van der Waals surface area contributed by atoms with Gasteiger partial charge in [-0.1, -0.05) is 20.8 Å². The van der Waals surface area contributed by atoms with Crippen molar-refractivity contribution in [3.63, 3.8) is 0 Å². The number of anilines is 1. The van der Waals surface area contributed by atoms with Gasteiger partial charge in [-0.15, -0.1) is 0 Å². The molecule has 0 saturated heterocycles. The van der Waals surface area contributed by atoms with Gasteiger partial charge in [0.05, 0.1) is 36.2 Å². The second kappa shape index (κ2) is 12.2. The molecule has 1 amide bonds. The fourth-order valence-electron chi connectivity index (χ4n) is 3.93. The third-order valence-electron chi connectivity index (χ3n) is 5.93. The summed E-state index contributed by atoms with van der Waals surface area (Å²) in [4.78, 5) is 28.8. The van der Waals surface area contributed by atoms with Gasteiger partial charge in [0.1, 0.15) is 11.6 Å². The molecule has 0 unspecified atom stereocenters. The Hall–Kier alpha value is -3.71. The molecule has 0 spiro atoms. The lowest BCUT2D eigenvalue weighted by molar-refractivity contribution is 0.168. The first-order valence-electron chi connectivity index (χ1n) is 12.9. The number of rotatable bonds is 10. The molecule has 4 N–H and O–H groups in total. The van der Waals surface area contributed by atoms with Gasteiger partial charge in [0.15, 0.2) is 0 Å². The summed E-state index contributed by atoms with van der Waals surface area (Å²) in [6, 6.07) is 4.60. The van der Waals surface area contributed by atoms with Crippen LogP contribution >= 0.6 is 0 Å². The zero-order chi connectivity index (χ0) is 29.8. The van der Waals surface area contributed by atoms with Crippen LogP contribution in [0, 0.1) is 6.92 Å². The fourth-order valence-corrected chi connectivity index (χ4v) is 5.46. The van der Waals surface area contributed by atoms with Gasteiger partial charge in [-0.05, 0) is 45.9 Å². The highest BCUT2D eigenvalue weighted by molar-refractivity contribution is 7.89. The number of alkyl carbamates (subject to hydrolysis) is 1. The second-order valence-electron chi connectivity index (χ2n) is 10.8. The summed E-state index contributed by atoms with van der Waals surface area (Å²) in [5.41, 5.74) is 2.39. The number of H-pyrrole nitrogens is 1. The maximum atomic E-state index is 13.2. The highest BCUT2D eigenvalue weighted by Gasteiger charge is 2.27. The molecule has 1 atom stereocenters. The lowest BCUT2D eigenvalue weighted by Gasteiger charge is -2.16. The third-order valence-corrected chi connectivity index (χ3v) is 7.71. The second-order valence-corrected chi connectivity index (χ2v) is 12.5. The summed E-state index contributed by atoms with van der Waals surface area (Å²) >= 11 is 0. The van der Waals surface area contributed by atoms with E-state index in [4.69, 9.17) is 9.72 Å². The summed E-state index contributed by atoms with van der Waals surface area (Å²) < 4.78 is 39.3. The van der Waals surface area contributed by atoms with E-state index in [-0.39, 0.29) is 22.4 Å². The van der Waals surface area contributed by atoms with E-state index in [1.807, 2.05) is 27.7 Å². The zero-order valence-electron chi connectivity index (χ0n) is 24.5. The Labute approximate surface area is 235 Å². The van der Waals surface area contributed by atoms with Crippen LogP contribution in [-0.4, -0.2) is 67.3 Å². The van der Waals surface area contributed by atoms with Crippen LogP contribution in [0.15, 0.2) is 29.3 Å². The average molecular weight is 574 g/mol. The van der Waals surface area contributed by atoms with Crippen LogP contribution in [0.4, 0.5) is 10.7 Å². The first kappa shape index (κ1) is 30.8. The Balaban J connectivity index is 2.12. The van der Waals surface area contributed by atoms with E-state index in [0.29, 0.717) is 52.3 Å². The molecule has 2 heterocycles. The number of imidazole rings is 1. The van der Waals surface area contributed by atoms with Crippen molar-refractivity contribution in [1.29, 1.82) is 0 Å². The molecule has 0 aliphatic carbocycles. The smallest absolute Gasteiger partial charge is 0.407 e. The quantitative estimate of drug-likeness (QED) is 0.281. The largest absolute Gasteiger partial charge is 0.496 e. The Morgan fingerprint density at radius 3 is 2.42 bits per heavy atom. The molecule has 3 rings (SSSR count). The highest BCUT2D eigenvalue weighted by Crippen LogP contribution is 2.37. The van der Waals surface area contributed by atoms with Crippen molar-refractivity contribution < 1.29 is 22.7 Å². The van der Waals surface area contributed by atoms with E-state index in [1.54, 1.807) is 45.2 Å². The van der Waals surface area contributed by atoms with Gasteiger partial charge in [0.2, 0.25) is 16.0 Å². The number of carbonyl (C=O) groups is 1. The number of hydrogen-bond acceptors (Lipinski definition) is 9. The van der Waals surface area contributed by atoms with Crippen molar-refractivity contribution >= 4 is 22.1 Å². The summed E-state index contributed by atoms with van der Waals surface area (Å²) in [7, 11) is -1.02. The topological polar surface area (TPSA) is 160 Å². The van der Waals surface area contributed by atoms with Gasteiger partial charge < -0.3 is 25.1 Å². The Kier molecular flexibility index (Phi) is 9.41. The number of methoxy groups -OCH3 is 2. The molecule has 218 valence electrons. The lowest BCUT2D eigenvalue weighted by atomic mass is 9.96. The summed E-state index contributed by atoms with van der Waals surface area (Å²) in [6.45, 7) is 13.5. The highest BCUT2D eigenvalue weighted by atomic mass is 32.2. The molecule has 3 aromatic rings. The number of aromatic amines is 1. The minimum atomic E-state index is -3.83. The van der Waals surface area contributed by atoms with Crippen molar-refractivity contribution in [2.45, 2.75) is 70.9 Å². The number of nitrogens with one attached hydrogen (secondary N) is 4. The molecule has 0 radical (unpaired) electrons. The van der Waals surface area contributed by atoms with E-state index in [2.05, 4.69) is 35.0 Å². The average Bonchev–Trinajstić information content (AvgIpc) is 3.33. The molecule has 1 aromatic carbocycles. The van der Waals surface area contributed by atoms with E-state index in [1.165, 1.54) is 14.2 Å². The van der Waals surface area contributed by atoms with Crippen LogP contribution in [0.2, 0.25) is 0 Å². The summed E-state index contributed by atoms with van der Waals surface area (Å²) in [5, 5.41) is 5.80. The van der Waals surface area contributed by atoms with Crippen molar-refractivity contribution in [2.75, 3.05) is 26.1 Å². The third kappa shape index (κ3) is 7.27. The van der Waals surface area contributed by atoms with E-state index in [0.717, 1.165) is 0 Å². The molecule has 0 aliphatic rings. The number of nitrogens with zero attached hydrogens (tertiary/aromatic N) is 3. The minimum Gasteiger partial charge on any atom is -0.496 e. The summed E-state index contributed by atoms with van der Waals surface area (Å²) in [6.07, 6.45) is 1.09. The first-order valence-corrected chi connectivity index (χ1v) is 14.4. The first-order chi connectivity index (χ1) is 18.7. The number of sulfonamides is 1. The molecular formula is C27H39N7O5S. The predicted molar refractivity (Wildman–Crippen MR) is 154 cm³/mol. The number of amides is 1. The molecule has 2 aromatic heterocycles. The lowest BCUT2D eigenvalue weighted by Crippen LogP contribution is -2.37. The molecule has 40 heavy (non-hydrogen) atoms. The maximum absolute atomic E-state index is 13.2. The van der Waals surface area contributed by atoms with Crippen LogP contribution in [0.5, 0.6) is 5.75 Å². The van der Waals surface area contributed by atoms with E-state index >= 15 is 0 Å². The van der Waals surface area contributed by atoms with Crippen molar-refractivity contribution in [2.24, 2.45) is 0 Å². The Morgan fingerprint density at radius 2 is 1.82 bits per heavy atom. The van der Waals surface area contributed by atoms with Crippen LogP contribution in [0.1, 0.15) is 52.9 Å². The molecule has 12 nitrogen and oxygen atoms in total. The summed E-state index contributed by atoms with van der Waals surface area (Å²) in [5.74, 6) is 1.47. The Morgan fingerprint density at radius 1 is 1.12 bits per heavy atom. The normalized spacial score (nSPS) is 12.8. The zero-order valence-corrected chi connectivity index (χ0v) is 25.3. The SMILES string of the molecule is COC(=O)N[C@@H](C)CNc1nccc(-c2[nH]c(C(C)(C)C)nc2-c2cc(OC)c(C)c(S(=O)(=O)NC(C)C)c2)n1. The standard InChI is InChI=1S/C27H39N7O5S/c1-15(2)34-40(36,37)21-13-18(12-20(38-8)17(21)4)22-23(33-24(32-22)27(5,6)7)19-10-11-28-25(31-19)29-14-16(3)30-26(35)39-9/h10-13,15-16,34H,14H2,1-9H3,(H,30,35)(H,32,33)(H,28,29,31)/t16-/m0/s1. The number of ether oxygens (including phenoxy) is 2. The van der Waals surface area contributed by atoms with Gasteiger partial charge in [-0.2, -0.15) is 0 Å². The van der Waals surface area contributed by atoms with Crippen molar-refractivity contribution in [3.05, 3.63) is 35.8 Å². The van der Waals surface area contributed by atoms with Crippen LogP contribution < -0.4 is 20.1 Å². The Bertz CT molecular complexity index is 1460. The number of carbonyl (C=O) groups excluding carboxylic acids is 1. The van der Waals surface area contributed by atoms with Crippen LogP contribution in [0.25, 0.3) is 22.6 Å². The maximum Gasteiger partial charge on any atom is 0.407 e. The number of hydrogen-bond donors (Lipinski definition) is 4. The molecular weight excluding hydrogens is 534 g/mol. The van der Waals surface area contributed by atoms with Gasteiger partial charge in [-0.3, -0.25) is 0 Å². The van der Waals surface area contributed by atoms with E-state index < -0.39 is 16.1 Å². The van der Waals surface area contributed by atoms with E-state index in [9.17, 15) is 13.2 Å². The molecule has 0 saturated carbocycles. The van der Waals surface area contributed by atoms with Gasteiger partial charge >= 0.3 is 6.09 Å². The monoisotopic (exact) mass is 573 g/mol. The predicted octanol–water partition coefficient (Wildman–Crippen LogP) is 3.99. The van der Waals surface area contributed by atoms with Gasteiger partial charge in [-0.25, -0.2) is 32.9 Å². The van der Waals surface area contributed by atoms with Gasteiger partial charge in [0, 0.05) is 41.4 Å². The number of aromatic nitrogens is 4. The van der Waals surface area contributed by atoms with Crippen LogP contribution in [-0.2, 0) is 20.2 Å².